The minimum absolute atomic E-state index is 0.0231. The molecular weight excluding hydrogens is 216 g/mol. The van der Waals surface area contributed by atoms with Crippen molar-refractivity contribution in [2.24, 2.45) is 0 Å². The summed E-state index contributed by atoms with van der Waals surface area (Å²) < 4.78 is 30.7. The van der Waals surface area contributed by atoms with Crippen LogP contribution in [0.15, 0.2) is 23.1 Å². The fourth-order valence-electron chi connectivity index (χ4n) is 1.28. The van der Waals surface area contributed by atoms with Gasteiger partial charge in [0.05, 0.1) is 4.90 Å². The molecule has 0 aromatic heterocycles. The zero-order valence-electron chi connectivity index (χ0n) is 8.85. The largest absolute Gasteiger partial charge is 0.508 e. The Morgan fingerprint density at radius 1 is 1.20 bits per heavy atom. The van der Waals surface area contributed by atoms with Crippen molar-refractivity contribution in [2.75, 3.05) is 0 Å². The van der Waals surface area contributed by atoms with Gasteiger partial charge in [0, 0.05) is 5.56 Å². The number of hydrogen-bond acceptors (Lipinski definition) is 3. The lowest BCUT2D eigenvalue weighted by atomic mass is 9.86. The van der Waals surface area contributed by atoms with Crippen LogP contribution in [0.4, 0.5) is 0 Å². The molecule has 0 fully saturated rings. The van der Waals surface area contributed by atoms with E-state index in [1.807, 2.05) is 20.8 Å². The van der Waals surface area contributed by atoms with Gasteiger partial charge in [-0.2, -0.15) is 8.42 Å². The molecule has 0 atom stereocenters. The Morgan fingerprint density at radius 3 is 2.13 bits per heavy atom. The Kier molecular flexibility index (Phi) is 2.80. The summed E-state index contributed by atoms with van der Waals surface area (Å²) in [6, 6.07) is 3.72. The van der Waals surface area contributed by atoms with Gasteiger partial charge in [0.1, 0.15) is 5.75 Å². The smallest absolute Gasteiger partial charge is 0.294 e. The molecule has 0 spiro atoms. The second-order valence-corrected chi connectivity index (χ2v) is 5.83. The average molecular weight is 230 g/mol. The maximum atomic E-state index is 10.9. The van der Waals surface area contributed by atoms with E-state index in [0.717, 1.165) is 0 Å². The summed E-state index contributed by atoms with van der Waals surface area (Å²) in [6.07, 6.45) is 0. The second kappa shape index (κ2) is 3.50. The van der Waals surface area contributed by atoms with Crippen LogP contribution < -0.4 is 0 Å². The van der Waals surface area contributed by atoms with Crippen LogP contribution in [0.25, 0.3) is 0 Å². The first-order valence-corrected chi connectivity index (χ1v) is 5.87. The fourth-order valence-corrected chi connectivity index (χ4v) is 1.78. The molecule has 5 heteroatoms. The van der Waals surface area contributed by atoms with Gasteiger partial charge < -0.3 is 5.11 Å². The molecule has 0 saturated carbocycles. The third-order valence-corrected chi connectivity index (χ3v) is 2.92. The van der Waals surface area contributed by atoms with Crippen molar-refractivity contribution in [3.63, 3.8) is 0 Å². The Balaban J connectivity index is 3.43. The lowest BCUT2D eigenvalue weighted by molar-refractivity contribution is 0.444. The monoisotopic (exact) mass is 230 g/mol. The van der Waals surface area contributed by atoms with Gasteiger partial charge in [-0.1, -0.05) is 20.8 Å². The van der Waals surface area contributed by atoms with Crippen molar-refractivity contribution < 1.29 is 18.1 Å². The van der Waals surface area contributed by atoms with E-state index in [9.17, 15) is 13.5 Å². The fraction of sp³-hybridized carbons (Fsp3) is 0.400. The van der Waals surface area contributed by atoms with E-state index in [-0.39, 0.29) is 16.1 Å². The molecule has 2 N–H and O–H groups in total. The van der Waals surface area contributed by atoms with Crippen LogP contribution in [0, 0.1) is 0 Å². The Hall–Kier alpha value is -1.07. The molecule has 84 valence electrons. The summed E-state index contributed by atoms with van der Waals surface area (Å²) in [6.45, 7) is 5.53. The van der Waals surface area contributed by atoms with Crippen LogP contribution >= 0.6 is 0 Å². The third-order valence-electron chi connectivity index (χ3n) is 2.07. The van der Waals surface area contributed by atoms with Crippen LogP contribution in [0.5, 0.6) is 5.75 Å². The Bertz CT molecular complexity index is 469. The Labute approximate surface area is 89.3 Å². The van der Waals surface area contributed by atoms with Crippen LogP contribution in [-0.2, 0) is 15.5 Å². The summed E-state index contributed by atoms with van der Waals surface area (Å²) in [4.78, 5) is -0.203. The quantitative estimate of drug-likeness (QED) is 0.723. The van der Waals surface area contributed by atoms with E-state index in [2.05, 4.69) is 0 Å². The first kappa shape index (κ1) is 12.0. The lowest BCUT2D eigenvalue weighted by Gasteiger charge is -2.20. The van der Waals surface area contributed by atoms with Gasteiger partial charge in [0.15, 0.2) is 0 Å². The highest BCUT2D eigenvalue weighted by Crippen LogP contribution is 2.32. The lowest BCUT2D eigenvalue weighted by Crippen LogP contribution is -2.12. The normalized spacial score (nSPS) is 12.8. The van der Waals surface area contributed by atoms with Crippen molar-refractivity contribution in [2.45, 2.75) is 31.1 Å². The van der Waals surface area contributed by atoms with Gasteiger partial charge in [-0.05, 0) is 23.6 Å². The van der Waals surface area contributed by atoms with Crippen LogP contribution in [0.2, 0.25) is 0 Å². The molecule has 1 aromatic carbocycles. The number of phenols is 1. The van der Waals surface area contributed by atoms with Gasteiger partial charge in [-0.15, -0.1) is 0 Å². The molecule has 0 aliphatic rings. The SMILES string of the molecule is CC(C)(C)c1cc(S(=O)(=O)O)ccc1O. The van der Waals surface area contributed by atoms with E-state index in [1.54, 1.807) is 0 Å². The average Bonchev–Trinajstić information content (AvgIpc) is 2.00. The van der Waals surface area contributed by atoms with Gasteiger partial charge in [-0.3, -0.25) is 4.55 Å². The molecule has 0 radical (unpaired) electrons. The molecule has 0 aliphatic carbocycles. The predicted octanol–water partition coefficient (Wildman–Crippen LogP) is 1.94. The molecular formula is C10H14O4S. The standard InChI is InChI=1S/C10H14O4S/c1-10(2,3)8-6-7(15(12,13)14)4-5-9(8)11/h4-6,11H,1-3H3,(H,12,13,14). The summed E-state index contributed by atoms with van der Waals surface area (Å²) in [5, 5.41) is 9.56. The van der Waals surface area contributed by atoms with Crippen molar-refractivity contribution >= 4 is 10.1 Å². The topological polar surface area (TPSA) is 74.6 Å². The minimum atomic E-state index is -4.21. The molecule has 0 amide bonds. The molecule has 4 nitrogen and oxygen atoms in total. The van der Waals surface area contributed by atoms with Crippen molar-refractivity contribution in [1.29, 1.82) is 0 Å². The first-order valence-electron chi connectivity index (χ1n) is 4.43. The highest BCUT2D eigenvalue weighted by atomic mass is 32.2. The molecule has 0 unspecified atom stereocenters. The third kappa shape index (κ3) is 2.70. The molecule has 0 saturated heterocycles. The molecule has 0 aliphatic heterocycles. The number of aromatic hydroxyl groups is 1. The van der Waals surface area contributed by atoms with Gasteiger partial charge in [-0.25, -0.2) is 0 Å². The van der Waals surface area contributed by atoms with Gasteiger partial charge in [0.2, 0.25) is 0 Å². The van der Waals surface area contributed by atoms with Crippen molar-refractivity contribution in [1.82, 2.24) is 0 Å². The van der Waals surface area contributed by atoms with Crippen LogP contribution in [0.3, 0.4) is 0 Å². The van der Waals surface area contributed by atoms with E-state index >= 15 is 0 Å². The van der Waals surface area contributed by atoms with E-state index in [4.69, 9.17) is 4.55 Å². The number of phenolic OH excluding ortho intramolecular Hbond substituents is 1. The molecule has 0 heterocycles. The number of hydrogen-bond donors (Lipinski definition) is 2. The van der Waals surface area contributed by atoms with Crippen molar-refractivity contribution in [3.8, 4) is 5.75 Å². The molecule has 1 aromatic rings. The summed E-state index contributed by atoms with van der Waals surface area (Å²) in [7, 11) is -4.21. The van der Waals surface area contributed by atoms with Crippen LogP contribution in [0.1, 0.15) is 26.3 Å². The molecule has 1 rings (SSSR count). The maximum Gasteiger partial charge on any atom is 0.294 e. The second-order valence-electron chi connectivity index (χ2n) is 4.40. The Morgan fingerprint density at radius 2 is 1.73 bits per heavy atom. The van der Waals surface area contributed by atoms with E-state index in [1.165, 1.54) is 18.2 Å². The highest BCUT2D eigenvalue weighted by molar-refractivity contribution is 7.85. The zero-order valence-corrected chi connectivity index (χ0v) is 9.67. The van der Waals surface area contributed by atoms with Gasteiger partial charge in [0.25, 0.3) is 10.1 Å². The predicted molar refractivity (Wildman–Crippen MR) is 56.6 cm³/mol. The van der Waals surface area contributed by atoms with E-state index in [0.29, 0.717) is 5.56 Å². The maximum absolute atomic E-state index is 10.9. The first-order chi connectivity index (χ1) is 6.62. The molecule has 0 bridgehead atoms. The van der Waals surface area contributed by atoms with Gasteiger partial charge >= 0.3 is 0 Å². The van der Waals surface area contributed by atoms with Crippen molar-refractivity contribution in [3.05, 3.63) is 23.8 Å². The summed E-state index contributed by atoms with van der Waals surface area (Å²) in [5.74, 6) is 0.0231. The summed E-state index contributed by atoms with van der Waals surface area (Å²) in [5.41, 5.74) is 0.0998. The highest BCUT2D eigenvalue weighted by Gasteiger charge is 2.21. The van der Waals surface area contributed by atoms with E-state index < -0.39 is 10.1 Å². The zero-order chi connectivity index (χ0) is 11.9. The minimum Gasteiger partial charge on any atom is -0.508 e. The van der Waals surface area contributed by atoms with Crippen LogP contribution in [-0.4, -0.2) is 18.1 Å². The number of rotatable bonds is 1. The summed E-state index contributed by atoms with van der Waals surface area (Å²) >= 11 is 0. The number of benzene rings is 1. The molecule has 15 heavy (non-hydrogen) atoms.